The molecule has 0 aliphatic carbocycles. The summed E-state index contributed by atoms with van der Waals surface area (Å²) in [6, 6.07) is 0. The van der Waals surface area contributed by atoms with Gasteiger partial charge in [0.1, 0.15) is 6.17 Å². The van der Waals surface area contributed by atoms with Gasteiger partial charge in [-0.05, 0) is 18.9 Å². The molecule has 0 N–H and O–H groups in total. The van der Waals surface area contributed by atoms with Crippen molar-refractivity contribution >= 4 is 5.71 Å². The van der Waals surface area contributed by atoms with Crippen molar-refractivity contribution in [2.24, 2.45) is 10.4 Å². The van der Waals surface area contributed by atoms with Gasteiger partial charge in [0.25, 0.3) is 0 Å². The summed E-state index contributed by atoms with van der Waals surface area (Å²) in [5.74, 6) is 0. The lowest BCUT2D eigenvalue weighted by Gasteiger charge is -2.32. The van der Waals surface area contributed by atoms with E-state index in [4.69, 9.17) is 0 Å². The van der Waals surface area contributed by atoms with Crippen LogP contribution in [0.2, 0.25) is 0 Å². The average molecular weight is 168 g/mol. The van der Waals surface area contributed by atoms with E-state index in [0.29, 0.717) is 6.17 Å². The van der Waals surface area contributed by atoms with Crippen molar-refractivity contribution in [3.63, 3.8) is 0 Å². The summed E-state index contributed by atoms with van der Waals surface area (Å²) in [6.07, 6.45) is 0.391. The summed E-state index contributed by atoms with van der Waals surface area (Å²) in [5, 5.41) is 0. The first kappa shape index (κ1) is 9.72. The molecule has 0 amide bonds. The third kappa shape index (κ3) is 1.86. The molecule has 1 aliphatic rings. The lowest BCUT2D eigenvalue weighted by atomic mass is 9.92. The van der Waals surface area contributed by atoms with Crippen LogP contribution in [0, 0.1) is 5.41 Å². The van der Waals surface area contributed by atoms with Gasteiger partial charge in [-0.2, -0.15) is 0 Å². The molecule has 0 aromatic carbocycles. The van der Waals surface area contributed by atoms with Crippen LogP contribution in [-0.4, -0.2) is 29.9 Å². The van der Waals surface area contributed by atoms with Crippen LogP contribution < -0.4 is 0 Å². The fraction of sp³-hybridized carbons (Fsp3) is 0.900. The second kappa shape index (κ2) is 3.17. The summed E-state index contributed by atoms with van der Waals surface area (Å²) in [6.45, 7) is 13.2. The molecule has 0 saturated carbocycles. The van der Waals surface area contributed by atoms with E-state index in [-0.39, 0.29) is 5.41 Å². The molecule has 2 nitrogen and oxygen atoms in total. The van der Waals surface area contributed by atoms with Crippen LogP contribution in [0.4, 0.5) is 0 Å². The maximum Gasteiger partial charge on any atom is 0.107 e. The molecule has 70 valence electrons. The maximum atomic E-state index is 4.65. The van der Waals surface area contributed by atoms with E-state index in [2.05, 4.69) is 44.5 Å². The molecule has 0 fully saturated rings. The Balaban J connectivity index is 2.74. The van der Waals surface area contributed by atoms with Crippen molar-refractivity contribution in [1.29, 1.82) is 0 Å². The van der Waals surface area contributed by atoms with E-state index in [1.165, 1.54) is 5.71 Å². The minimum atomic E-state index is 0.272. The third-order valence-electron chi connectivity index (χ3n) is 2.30. The standard InChI is InChI=1S/C10H20N2/c1-6-12-7-8(2)11-9(12)10(3,4)5/h9H,6-7H2,1-5H3. The number of hydrogen-bond donors (Lipinski definition) is 0. The van der Waals surface area contributed by atoms with Gasteiger partial charge in [-0.15, -0.1) is 0 Å². The van der Waals surface area contributed by atoms with Crippen LogP contribution in [-0.2, 0) is 0 Å². The Morgan fingerprint density at radius 1 is 1.50 bits per heavy atom. The van der Waals surface area contributed by atoms with Gasteiger partial charge < -0.3 is 0 Å². The summed E-state index contributed by atoms with van der Waals surface area (Å²) < 4.78 is 0. The van der Waals surface area contributed by atoms with Crippen molar-refractivity contribution in [3.8, 4) is 0 Å². The SMILES string of the molecule is CCN1CC(C)=NC1C(C)(C)C. The van der Waals surface area contributed by atoms with E-state index in [1.54, 1.807) is 0 Å². The monoisotopic (exact) mass is 168 g/mol. The first-order valence-corrected chi connectivity index (χ1v) is 4.72. The van der Waals surface area contributed by atoms with E-state index in [1.807, 2.05) is 0 Å². The fourth-order valence-electron chi connectivity index (χ4n) is 1.74. The van der Waals surface area contributed by atoms with E-state index >= 15 is 0 Å². The van der Waals surface area contributed by atoms with Gasteiger partial charge in [0.2, 0.25) is 0 Å². The first-order chi connectivity index (χ1) is 5.45. The third-order valence-corrected chi connectivity index (χ3v) is 2.30. The van der Waals surface area contributed by atoms with Crippen molar-refractivity contribution in [2.75, 3.05) is 13.1 Å². The number of aliphatic imine (C=N–C) groups is 1. The van der Waals surface area contributed by atoms with Crippen LogP contribution in [0.25, 0.3) is 0 Å². The van der Waals surface area contributed by atoms with Crippen LogP contribution in [0.1, 0.15) is 34.6 Å². The molecule has 12 heavy (non-hydrogen) atoms. The van der Waals surface area contributed by atoms with Gasteiger partial charge >= 0.3 is 0 Å². The molecular weight excluding hydrogens is 148 g/mol. The second-order valence-corrected chi connectivity index (χ2v) is 4.67. The summed E-state index contributed by atoms with van der Waals surface area (Å²) >= 11 is 0. The Hall–Kier alpha value is -0.370. The highest BCUT2D eigenvalue weighted by atomic mass is 15.3. The summed E-state index contributed by atoms with van der Waals surface area (Å²) in [4.78, 5) is 7.08. The molecule has 1 unspecified atom stereocenters. The summed E-state index contributed by atoms with van der Waals surface area (Å²) in [7, 11) is 0. The van der Waals surface area contributed by atoms with Gasteiger partial charge in [0.05, 0.1) is 0 Å². The molecule has 2 heteroatoms. The van der Waals surface area contributed by atoms with Gasteiger partial charge in [-0.25, -0.2) is 0 Å². The van der Waals surface area contributed by atoms with Crippen LogP contribution in [0.5, 0.6) is 0 Å². The lowest BCUT2D eigenvalue weighted by molar-refractivity contribution is 0.143. The number of rotatable bonds is 1. The van der Waals surface area contributed by atoms with Crippen LogP contribution in [0.15, 0.2) is 4.99 Å². The Bertz CT molecular complexity index is 189. The molecule has 0 saturated heterocycles. The smallest absolute Gasteiger partial charge is 0.107 e. The van der Waals surface area contributed by atoms with Crippen molar-refractivity contribution < 1.29 is 0 Å². The van der Waals surface area contributed by atoms with Gasteiger partial charge in [0, 0.05) is 12.3 Å². The van der Waals surface area contributed by atoms with E-state index < -0.39 is 0 Å². The Morgan fingerprint density at radius 2 is 2.08 bits per heavy atom. The molecule has 1 atom stereocenters. The van der Waals surface area contributed by atoms with Gasteiger partial charge in [-0.3, -0.25) is 9.89 Å². The second-order valence-electron chi connectivity index (χ2n) is 4.67. The fourth-order valence-corrected chi connectivity index (χ4v) is 1.74. The predicted molar refractivity (Wildman–Crippen MR) is 53.6 cm³/mol. The minimum absolute atomic E-state index is 0.272. The molecule has 0 spiro atoms. The Morgan fingerprint density at radius 3 is 2.42 bits per heavy atom. The molecule has 0 aromatic heterocycles. The van der Waals surface area contributed by atoms with Crippen molar-refractivity contribution in [2.45, 2.75) is 40.8 Å². The van der Waals surface area contributed by atoms with Gasteiger partial charge in [-0.1, -0.05) is 27.7 Å². The molecule has 0 radical (unpaired) electrons. The maximum absolute atomic E-state index is 4.65. The topological polar surface area (TPSA) is 15.6 Å². The molecule has 0 aromatic rings. The first-order valence-electron chi connectivity index (χ1n) is 4.72. The van der Waals surface area contributed by atoms with E-state index in [0.717, 1.165) is 13.1 Å². The quantitative estimate of drug-likeness (QED) is 0.586. The molecule has 0 bridgehead atoms. The molecule has 1 rings (SSSR count). The summed E-state index contributed by atoms with van der Waals surface area (Å²) in [5.41, 5.74) is 1.55. The number of hydrogen-bond acceptors (Lipinski definition) is 2. The highest BCUT2D eigenvalue weighted by Crippen LogP contribution is 2.28. The van der Waals surface area contributed by atoms with Crippen molar-refractivity contribution in [3.05, 3.63) is 0 Å². The zero-order chi connectivity index (χ0) is 9.35. The minimum Gasteiger partial charge on any atom is -0.276 e. The predicted octanol–water partition coefficient (Wildman–Crippen LogP) is 2.16. The van der Waals surface area contributed by atoms with E-state index in [9.17, 15) is 0 Å². The lowest BCUT2D eigenvalue weighted by Crippen LogP contribution is -2.39. The highest BCUT2D eigenvalue weighted by molar-refractivity contribution is 5.85. The highest BCUT2D eigenvalue weighted by Gasteiger charge is 2.32. The normalized spacial score (nSPS) is 26.1. The zero-order valence-corrected chi connectivity index (χ0v) is 8.89. The Kier molecular flexibility index (Phi) is 2.57. The van der Waals surface area contributed by atoms with Crippen LogP contribution in [0.3, 0.4) is 0 Å². The molecule has 1 heterocycles. The zero-order valence-electron chi connectivity index (χ0n) is 8.89. The van der Waals surface area contributed by atoms with Gasteiger partial charge in [0.15, 0.2) is 0 Å². The largest absolute Gasteiger partial charge is 0.276 e. The average Bonchev–Trinajstić information content (AvgIpc) is 2.29. The number of nitrogens with zero attached hydrogens (tertiary/aromatic N) is 2. The molecule has 1 aliphatic heterocycles. The van der Waals surface area contributed by atoms with Crippen LogP contribution >= 0.6 is 0 Å². The van der Waals surface area contributed by atoms with Crippen molar-refractivity contribution in [1.82, 2.24) is 4.90 Å². The Labute approximate surface area is 75.7 Å². The molecular formula is C10H20N2.